The van der Waals surface area contributed by atoms with Crippen molar-refractivity contribution in [2.24, 2.45) is 0 Å². The minimum Gasteiger partial charge on any atom is -0.494 e. The Bertz CT molecular complexity index is 1170. The molecule has 170 valence electrons. The number of hydrogen-bond acceptors (Lipinski definition) is 6. The molecule has 2 aromatic carbocycles. The van der Waals surface area contributed by atoms with Crippen molar-refractivity contribution in [3.05, 3.63) is 65.9 Å². The van der Waals surface area contributed by atoms with E-state index in [2.05, 4.69) is 4.98 Å². The molecule has 7 heteroatoms. The molecule has 3 aromatic rings. The van der Waals surface area contributed by atoms with Gasteiger partial charge in [-0.15, -0.1) is 0 Å². The van der Waals surface area contributed by atoms with Gasteiger partial charge in [-0.2, -0.15) is 5.26 Å². The number of aromatic nitrogens is 1. The molecule has 0 aliphatic rings. The number of esters is 1. The van der Waals surface area contributed by atoms with Gasteiger partial charge in [-0.25, -0.2) is 4.79 Å². The van der Waals surface area contributed by atoms with Crippen molar-refractivity contribution in [3.8, 4) is 11.8 Å². The molecule has 0 spiro atoms. The third-order valence-electron chi connectivity index (χ3n) is 5.08. The Hall–Kier alpha value is -3.92. The van der Waals surface area contributed by atoms with E-state index in [9.17, 15) is 9.59 Å². The van der Waals surface area contributed by atoms with Crippen LogP contribution in [0.2, 0.25) is 0 Å². The van der Waals surface area contributed by atoms with Crippen LogP contribution < -0.4 is 9.64 Å². The quantitative estimate of drug-likeness (QED) is 0.437. The first kappa shape index (κ1) is 23.7. The first-order valence-electron chi connectivity index (χ1n) is 10.9. The summed E-state index contributed by atoms with van der Waals surface area (Å²) in [6, 6.07) is 18.1. The Morgan fingerprint density at radius 3 is 2.52 bits per heavy atom. The highest BCUT2D eigenvalue weighted by Gasteiger charge is 2.20. The fourth-order valence-corrected chi connectivity index (χ4v) is 3.39. The second kappa shape index (κ2) is 11.1. The van der Waals surface area contributed by atoms with Crippen LogP contribution >= 0.6 is 0 Å². The smallest absolute Gasteiger partial charge is 0.339 e. The summed E-state index contributed by atoms with van der Waals surface area (Å²) in [7, 11) is 0. The monoisotopic (exact) mass is 445 g/mol. The van der Waals surface area contributed by atoms with Crippen LogP contribution in [0.3, 0.4) is 0 Å². The summed E-state index contributed by atoms with van der Waals surface area (Å²) in [5, 5.41) is 9.67. The van der Waals surface area contributed by atoms with Crippen molar-refractivity contribution in [2.45, 2.75) is 33.1 Å². The second-order valence-electron chi connectivity index (χ2n) is 7.72. The fourth-order valence-electron chi connectivity index (χ4n) is 3.39. The largest absolute Gasteiger partial charge is 0.494 e. The molecule has 7 nitrogen and oxygen atoms in total. The van der Waals surface area contributed by atoms with Crippen molar-refractivity contribution in [3.63, 3.8) is 0 Å². The van der Waals surface area contributed by atoms with E-state index in [0.717, 1.165) is 5.69 Å². The van der Waals surface area contributed by atoms with Crippen molar-refractivity contribution in [1.82, 2.24) is 4.98 Å². The fraction of sp³-hybridized carbons (Fsp3) is 0.308. The lowest BCUT2D eigenvalue weighted by Gasteiger charge is -2.22. The summed E-state index contributed by atoms with van der Waals surface area (Å²) in [6.45, 7) is 6.18. The van der Waals surface area contributed by atoms with Crippen LogP contribution in [0.15, 0.2) is 54.6 Å². The Kier molecular flexibility index (Phi) is 7.98. The minimum atomic E-state index is -0.587. The summed E-state index contributed by atoms with van der Waals surface area (Å²) in [5.74, 6) is -0.184. The molecule has 0 saturated carbocycles. The number of fused-ring (bicyclic) bond motifs is 1. The molecule has 0 bridgehead atoms. The molecule has 3 rings (SSSR count). The first-order valence-corrected chi connectivity index (χ1v) is 10.9. The maximum Gasteiger partial charge on any atom is 0.339 e. The standard InChI is InChI=1S/C26H27N3O4/c1-4-32-20-12-10-19(11-13-20)29(15-7-14-27)25(30)17-33-26(31)22-16-24(18(2)3)28-23-9-6-5-8-21(22)23/h5-6,8-13,16,18H,4,7,15,17H2,1-3H3. The van der Waals surface area contributed by atoms with Crippen LogP contribution in [-0.4, -0.2) is 36.6 Å². The van der Waals surface area contributed by atoms with E-state index < -0.39 is 18.5 Å². The van der Waals surface area contributed by atoms with Crippen LogP contribution in [-0.2, 0) is 9.53 Å². The van der Waals surface area contributed by atoms with Crippen molar-refractivity contribution < 1.29 is 19.1 Å². The van der Waals surface area contributed by atoms with Gasteiger partial charge in [0.15, 0.2) is 6.61 Å². The van der Waals surface area contributed by atoms with Gasteiger partial charge in [-0.3, -0.25) is 9.78 Å². The maximum absolute atomic E-state index is 12.9. The van der Waals surface area contributed by atoms with Crippen molar-refractivity contribution >= 4 is 28.5 Å². The highest BCUT2D eigenvalue weighted by atomic mass is 16.5. The second-order valence-corrected chi connectivity index (χ2v) is 7.72. The lowest BCUT2D eigenvalue weighted by molar-refractivity contribution is -0.121. The maximum atomic E-state index is 12.9. The summed E-state index contributed by atoms with van der Waals surface area (Å²) >= 11 is 0. The zero-order valence-electron chi connectivity index (χ0n) is 19.1. The summed E-state index contributed by atoms with van der Waals surface area (Å²) in [5.41, 5.74) is 2.46. The number of ether oxygens (including phenoxy) is 2. The van der Waals surface area contributed by atoms with E-state index >= 15 is 0 Å². The molecule has 0 fully saturated rings. The van der Waals surface area contributed by atoms with Gasteiger partial charge in [0.05, 0.1) is 30.2 Å². The SMILES string of the molecule is CCOc1ccc(N(CCC#N)C(=O)COC(=O)c2cc(C(C)C)nc3ccccc23)cc1. The minimum absolute atomic E-state index is 0.129. The molecule has 0 aliphatic carbocycles. The molecule has 0 atom stereocenters. The number of carbonyl (C=O) groups is 2. The molecular weight excluding hydrogens is 418 g/mol. The third-order valence-corrected chi connectivity index (χ3v) is 5.08. The first-order chi connectivity index (χ1) is 15.9. The number of nitrogens with zero attached hydrogens (tertiary/aromatic N) is 3. The summed E-state index contributed by atoms with van der Waals surface area (Å²) in [6.07, 6.45) is 0.152. The van der Waals surface area contributed by atoms with Gasteiger partial charge in [0.2, 0.25) is 0 Å². The van der Waals surface area contributed by atoms with Gasteiger partial charge in [0, 0.05) is 23.3 Å². The number of para-hydroxylation sites is 1. The lowest BCUT2D eigenvalue weighted by atomic mass is 10.0. The molecule has 0 radical (unpaired) electrons. The zero-order valence-corrected chi connectivity index (χ0v) is 19.1. The predicted molar refractivity (Wildman–Crippen MR) is 126 cm³/mol. The van der Waals surface area contributed by atoms with Crippen LogP contribution in [0.5, 0.6) is 5.75 Å². The molecular formula is C26H27N3O4. The summed E-state index contributed by atoms with van der Waals surface area (Å²) < 4.78 is 10.9. The van der Waals surface area contributed by atoms with Crippen LogP contribution in [0, 0.1) is 11.3 Å². The molecule has 1 heterocycles. The van der Waals surface area contributed by atoms with E-state index in [0.29, 0.717) is 34.5 Å². The normalized spacial score (nSPS) is 10.6. The van der Waals surface area contributed by atoms with Crippen molar-refractivity contribution in [2.75, 3.05) is 24.7 Å². The lowest BCUT2D eigenvalue weighted by Crippen LogP contribution is -2.35. The summed E-state index contributed by atoms with van der Waals surface area (Å²) in [4.78, 5) is 31.9. The number of nitriles is 1. The van der Waals surface area contributed by atoms with Crippen molar-refractivity contribution in [1.29, 1.82) is 5.26 Å². The van der Waals surface area contributed by atoms with Crippen LogP contribution in [0.1, 0.15) is 49.2 Å². The Balaban J connectivity index is 1.79. The highest BCUT2D eigenvalue weighted by molar-refractivity contribution is 6.04. The van der Waals surface area contributed by atoms with Gasteiger partial charge in [-0.05, 0) is 49.2 Å². The van der Waals surface area contributed by atoms with E-state index in [1.54, 1.807) is 30.3 Å². The Labute approximate surface area is 193 Å². The Morgan fingerprint density at radius 1 is 1.12 bits per heavy atom. The molecule has 0 aliphatic heterocycles. The molecule has 0 unspecified atom stereocenters. The molecule has 0 N–H and O–H groups in total. The third kappa shape index (κ3) is 5.86. The number of anilines is 1. The zero-order chi connectivity index (χ0) is 23.8. The number of hydrogen-bond donors (Lipinski definition) is 0. The molecule has 1 aromatic heterocycles. The topological polar surface area (TPSA) is 92.5 Å². The van der Waals surface area contributed by atoms with Gasteiger partial charge in [0.25, 0.3) is 5.91 Å². The van der Waals surface area contributed by atoms with E-state index in [4.69, 9.17) is 14.7 Å². The number of benzene rings is 2. The molecule has 1 amide bonds. The predicted octanol–water partition coefficient (Wildman–Crippen LogP) is 4.86. The average Bonchev–Trinajstić information content (AvgIpc) is 2.83. The number of pyridine rings is 1. The number of amides is 1. The van der Waals surface area contributed by atoms with E-state index in [1.165, 1.54) is 4.90 Å². The Morgan fingerprint density at radius 2 is 1.85 bits per heavy atom. The van der Waals surface area contributed by atoms with Gasteiger partial charge in [-0.1, -0.05) is 32.0 Å². The van der Waals surface area contributed by atoms with Crippen LogP contribution in [0.25, 0.3) is 10.9 Å². The van der Waals surface area contributed by atoms with E-state index in [1.807, 2.05) is 51.1 Å². The van der Waals surface area contributed by atoms with Gasteiger partial charge >= 0.3 is 5.97 Å². The van der Waals surface area contributed by atoms with E-state index in [-0.39, 0.29) is 18.9 Å². The highest BCUT2D eigenvalue weighted by Crippen LogP contribution is 2.24. The van der Waals surface area contributed by atoms with Crippen LogP contribution in [0.4, 0.5) is 5.69 Å². The average molecular weight is 446 g/mol. The molecule has 33 heavy (non-hydrogen) atoms. The van der Waals surface area contributed by atoms with Gasteiger partial charge in [0.1, 0.15) is 5.75 Å². The van der Waals surface area contributed by atoms with Gasteiger partial charge < -0.3 is 14.4 Å². The number of rotatable bonds is 9. The molecule has 0 saturated heterocycles. The number of carbonyl (C=O) groups excluding carboxylic acids is 2.